The average molecular weight is 213 g/mol. The predicted molar refractivity (Wildman–Crippen MR) is 44.4 cm³/mol. The largest absolute Gasteiger partial charge is 0.325 e. The molecule has 1 heterocycles. The molecule has 0 radical (unpaired) electrons. The highest BCUT2D eigenvalue weighted by Crippen LogP contribution is 2.23. The van der Waals surface area contributed by atoms with Crippen LogP contribution in [0.2, 0.25) is 0 Å². The Labute approximate surface area is 79.4 Å². The maximum Gasteiger partial charge on any atom is 0.301 e. The lowest BCUT2D eigenvalue weighted by molar-refractivity contribution is 0.00128. The lowest BCUT2D eigenvalue weighted by Gasteiger charge is -2.11. The molecule has 0 atom stereocenters. The first-order valence-electron chi connectivity index (χ1n) is 3.26. The zero-order chi connectivity index (χ0) is 9.19. The van der Waals surface area contributed by atoms with Crippen LogP contribution in [0.1, 0.15) is 5.69 Å². The van der Waals surface area contributed by atoms with Crippen molar-refractivity contribution in [1.82, 2.24) is 4.98 Å². The number of alkyl halides is 2. The van der Waals surface area contributed by atoms with Crippen molar-refractivity contribution in [2.75, 3.05) is 6.54 Å². The van der Waals surface area contributed by atoms with Crippen molar-refractivity contribution >= 4 is 12.4 Å². The number of nitrogens with zero attached hydrogens (tertiary/aromatic N) is 1. The highest BCUT2D eigenvalue weighted by molar-refractivity contribution is 5.85. The van der Waals surface area contributed by atoms with E-state index in [0.717, 1.165) is 18.3 Å². The van der Waals surface area contributed by atoms with E-state index in [9.17, 15) is 13.2 Å². The topological polar surface area (TPSA) is 38.9 Å². The minimum Gasteiger partial charge on any atom is -0.325 e. The van der Waals surface area contributed by atoms with Crippen LogP contribution in [0.4, 0.5) is 13.2 Å². The maximum atomic E-state index is 12.7. The van der Waals surface area contributed by atoms with E-state index in [1.54, 1.807) is 0 Å². The first-order valence-corrected chi connectivity index (χ1v) is 3.26. The Balaban J connectivity index is 0.00000144. The molecular formula is C7H8ClF3N2. The first kappa shape index (κ1) is 12.2. The molecule has 0 unspecified atom stereocenters. The van der Waals surface area contributed by atoms with Gasteiger partial charge >= 0.3 is 5.92 Å². The number of halogens is 4. The fourth-order valence-electron chi connectivity index (χ4n) is 0.697. The summed E-state index contributed by atoms with van der Waals surface area (Å²) in [5.74, 6) is -3.82. The van der Waals surface area contributed by atoms with E-state index in [2.05, 4.69) is 4.98 Å². The van der Waals surface area contributed by atoms with Gasteiger partial charge in [0.2, 0.25) is 0 Å². The number of aromatic nitrogens is 1. The summed E-state index contributed by atoms with van der Waals surface area (Å²) in [7, 11) is 0. The molecule has 0 saturated carbocycles. The van der Waals surface area contributed by atoms with Gasteiger partial charge in [0, 0.05) is 0 Å². The van der Waals surface area contributed by atoms with Crippen molar-refractivity contribution in [3.05, 3.63) is 29.8 Å². The van der Waals surface area contributed by atoms with Gasteiger partial charge < -0.3 is 5.73 Å². The van der Waals surface area contributed by atoms with Gasteiger partial charge in [0.25, 0.3) is 0 Å². The standard InChI is InChI=1S/C7H7F3N2.ClH/c8-5-1-2-6(12-3-5)7(9,10)4-11;/h1-3H,4,11H2;1H. The Kier molecular flexibility index (Phi) is 4.16. The molecule has 74 valence electrons. The molecule has 0 saturated heterocycles. The molecule has 1 aromatic rings. The molecule has 0 aliphatic rings. The summed E-state index contributed by atoms with van der Waals surface area (Å²) in [5, 5.41) is 0. The monoisotopic (exact) mass is 212 g/mol. The van der Waals surface area contributed by atoms with Crippen molar-refractivity contribution in [1.29, 1.82) is 0 Å². The van der Waals surface area contributed by atoms with E-state index < -0.39 is 24.0 Å². The summed E-state index contributed by atoms with van der Waals surface area (Å²) < 4.78 is 37.7. The Morgan fingerprint density at radius 2 is 2.00 bits per heavy atom. The predicted octanol–water partition coefficient (Wildman–Crippen LogP) is 1.69. The second-order valence-corrected chi connectivity index (χ2v) is 2.27. The molecular weight excluding hydrogens is 205 g/mol. The number of hydrogen-bond donors (Lipinski definition) is 1. The molecule has 0 aliphatic heterocycles. The van der Waals surface area contributed by atoms with Crippen LogP contribution in [0.3, 0.4) is 0 Å². The SMILES string of the molecule is Cl.NCC(F)(F)c1ccc(F)cn1. The quantitative estimate of drug-likeness (QED) is 0.810. The van der Waals surface area contributed by atoms with E-state index >= 15 is 0 Å². The number of nitrogens with two attached hydrogens (primary N) is 1. The Morgan fingerprint density at radius 1 is 1.38 bits per heavy atom. The Bertz CT molecular complexity index is 263. The molecule has 6 heteroatoms. The van der Waals surface area contributed by atoms with Gasteiger partial charge in [-0.05, 0) is 12.1 Å². The third-order valence-corrected chi connectivity index (χ3v) is 1.36. The highest BCUT2D eigenvalue weighted by atomic mass is 35.5. The van der Waals surface area contributed by atoms with Gasteiger partial charge in [-0.15, -0.1) is 12.4 Å². The highest BCUT2D eigenvalue weighted by Gasteiger charge is 2.30. The number of hydrogen-bond acceptors (Lipinski definition) is 2. The fraction of sp³-hybridized carbons (Fsp3) is 0.286. The van der Waals surface area contributed by atoms with Crippen molar-refractivity contribution in [2.45, 2.75) is 5.92 Å². The third-order valence-electron chi connectivity index (χ3n) is 1.36. The van der Waals surface area contributed by atoms with E-state index in [-0.39, 0.29) is 12.4 Å². The number of rotatable bonds is 2. The average Bonchev–Trinajstić information content (AvgIpc) is 2.05. The van der Waals surface area contributed by atoms with Crippen LogP contribution in [-0.2, 0) is 5.92 Å². The van der Waals surface area contributed by atoms with Crippen molar-refractivity contribution in [3.63, 3.8) is 0 Å². The summed E-state index contributed by atoms with van der Waals surface area (Å²) in [4.78, 5) is 3.22. The normalized spacial score (nSPS) is 10.8. The third kappa shape index (κ3) is 2.86. The molecule has 2 nitrogen and oxygen atoms in total. The van der Waals surface area contributed by atoms with Gasteiger partial charge in [0.1, 0.15) is 11.5 Å². The Hall–Kier alpha value is -0.810. The van der Waals surface area contributed by atoms with Crippen molar-refractivity contribution < 1.29 is 13.2 Å². The number of pyridine rings is 1. The second kappa shape index (κ2) is 4.43. The fourth-order valence-corrected chi connectivity index (χ4v) is 0.697. The molecule has 0 bridgehead atoms. The summed E-state index contributed by atoms with van der Waals surface area (Å²) in [6.07, 6.45) is 0.735. The van der Waals surface area contributed by atoms with Crippen LogP contribution < -0.4 is 5.73 Å². The summed E-state index contributed by atoms with van der Waals surface area (Å²) in [6.45, 7) is -0.828. The molecule has 13 heavy (non-hydrogen) atoms. The second-order valence-electron chi connectivity index (χ2n) is 2.27. The van der Waals surface area contributed by atoms with Gasteiger partial charge in [0.05, 0.1) is 12.7 Å². The molecule has 0 fully saturated rings. The molecule has 0 aromatic carbocycles. The van der Waals surface area contributed by atoms with Crippen molar-refractivity contribution in [2.24, 2.45) is 5.73 Å². The molecule has 0 amide bonds. The lowest BCUT2D eigenvalue weighted by atomic mass is 10.2. The van der Waals surface area contributed by atoms with Gasteiger partial charge in [-0.1, -0.05) is 0 Å². The van der Waals surface area contributed by atoms with E-state index in [1.165, 1.54) is 0 Å². The molecule has 0 spiro atoms. The lowest BCUT2D eigenvalue weighted by Crippen LogP contribution is -2.26. The summed E-state index contributed by atoms with van der Waals surface area (Å²) in [5.41, 5.74) is 4.28. The first-order chi connectivity index (χ1) is 5.56. The van der Waals surface area contributed by atoms with Crippen LogP contribution in [-0.4, -0.2) is 11.5 Å². The van der Waals surface area contributed by atoms with Crippen LogP contribution >= 0.6 is 12.4 Å². The smallest absolute Gasteiger partial charge is 0.301 e. The Morgan fingerprint density at radius 3 is 2.38 bits per heavy atom. The van der Waals surface area contributed by atoms with Gasteiger partial charge in [-0.3, -0.25) is 4.98 Å². The van der Waals surface area contributed by atoms with E-state index in [0.29, 0.717) is 0 Å². The molecule has 1 aromatic heterocycles. The van der Waals surface area contributed by atoms with E-state index in [1.807, 2.05) is 0 Å². The minimum atomic E-state index is -3.17. The van der Waals surface area contributed by atoms with Crippen LogP contribution in [0.25, 0.3) is 0 Å². The molecule has 0 aliphatic carbocycles. The molecule has 1 rings (SSSR count). The van der Waals surface area contributed by atoms with Crippen molar-refractivity contribution in [3.8, 4) is 0 Å². The zero-order valence-electron chi connectivity index (χ0n) is 6.51. The van der Waals surface area contributed by atoms with E-state index in [4.69, 9.17) is 5.73 Å². The molecule has 2 N–H and O–H groups in total. The zero-order valence-corrected chi connectivity index (χ0v) is 7.32. The van der Waals surface area contributed by atoms with Gasteiger partial charge in [0.15, 0.2) is 0 Å². The van der Waals surface area contributed by atoms with Crippen LogP contribution in [0, 0.1) is 5.82 Å². The van der Waals surface area contributed by atoms with Crippen LogP contribution in [0.15, 0.2) is 18.3 Å². The minimum absolute atomic E-state index is 0. The summed E-state index contributed by atoms with van der Waals surface area (Å²) in [6, 6.07) is 1.84. The van der Waals surface area contributed by atoms with Gasteiger partial charge in [-0.2, -0.15) is 8.78 Å². The maximum absolute atomic E-state index is 12.7. The van der Waals surface area contributed by atoms with Crippen LogP contribution in [0.5, 0.6) is 0 Å². The summed E-state index contributed by atoms with van der Waals surface area (Å²) >= 11 is 0. The van der Waals surface area contributed by atoms with Gasteiger partial charge in [-0.25, -0.2) is 4.39 Å².